The third-order valence-corrected chi connectivity index (χ3v) is 4.42. The van der Waals surface area contributed by atoms with Gasteiger partial charge in [0.1, 0.15) is 5.03 Å². The Kier molecular flexibility index (Phi) is 12.6. The van der Waals surface area contributed by atoms with Gasteiger partial charge in [0.15, 0.2) is 0 Å². The average molecular weight is 410 g/mol. The van der Waals surface area contributed by atoms with Crippen molar-refractivity contribution in [3.8, 4) is 0 Å². The molecule has 5 N–H and O–H groups in total. The third-order valence-electron chi connectivity index (χ3n) is 4.04. The van der Waals surface area contributed by atoms with Gasteiger partial charge in [-0.05, 0) is 32.0 Å². The predicted molar refractivity (Wildman–Crippen MR) is 115 cm³/mol. The van der Waals surface area contributed by atoms with Crippen LogP contribution in [-0.4, -0.2) is 49.6 Å². The first-order valence-electron chi connectivity index (χ1n) is 9.26. The molecule has 156 valence electrons. The minimum atomic E-state index is -0.804. The lowest BCUT2D eigenvalue weighted by atomic mass is 10.0. The highest BCUT2D eigenvalue weighted by Gasteiger charge is 2.21. The molecule has 0 radical (unpaired) electrons. The molecule has 1 atom stereocenters. The van der Waals surface area contributed by atoms with Gasteiger partial charge in [-0.25, -0.2) is 0 Å². The van der Waals surface area contributed by atoms with Gasteiger partial charge in [-0.15, -0.1) is 0 Å². The first-order chi connectivity index (χ1) is 13.3. The maximum Gasteiger partial charge on any atom is 0.262 e. The summed E-state index contributed by atoms with van der Waals surface area (Å²) in [7, 11) is 1.98. The number of amides is 2. The van der Waals surface area contributed by atoms with E-state index >= 15 is 0 Å². The second kappa shape index (κ2) is 13.7. The number of allylic oxidation sites excluding steroid dienone is 1. The number of aryl methyl sites for hydroxylation is 1. The maximum absolute atomic E-state index is 11.1. The van der Waals surface area contributed by atoms with E-state index in [9.17, 15) is 9.59 Å². The van der Waals surface area contributed by atoms with E-state index in [1.54, 1.807) is 4.90 Å². The van der Waals surface area contributed by atoms with Gasteiger partial charge in [-0.3, -0.25) is 9.59 Å². The second-order valence-corrected chi connectivity index (χ2v) is 6.22. The van der Waals surface area contributed by atoms with Crippen LogP contribution in [0.3, 0.4) is 0 Å². The second-order valence-electron chi connectivity index (χ2n) is 5.85. The van der Waals surface area contributed by atoms with Crippen molar-refractivity contribution in [2.24, 2.45) is 5.73 Å². The molecule has 7 nitrogen and oxygen atoms in total. The zero-order chi connectivity index (χ0) is 21.7. The first-order valence-corrected chi connectivity index (χ1v) is 9.64. The Morgan fingerprint density at radius 1 is 1.39 bits per heavy atom. The number of carbonyl (C=O) groups excluding carboxylic acids is 2. The van der Waals surface area contributed by atoms with Crippen LogP contribution in [0.2, 0.25) is 0 Å². The fraction of sp³-hybridized carbons (Fsp3) is 0.450. The number of piperazine rings is 1. The van der Waals surface area contributed by atoms with Crippen molar-refractivity contribution in [3.05, 3.63) is 46.1 Å². The molecule has 1 unspecified atom stereocenters. The van der Waals surface area contributed by atoms with Gasteiger partial charge in [0, 0.05) is 25.3 Å². The Morgan fingerprint density at radius 3 is 2.46 bits per heavy atom. The normalized spacial score (nSPS) is 14.9. The van der Waals surface area contributed by atoms with Gasteiger partial charge in [0.2, 0.25) is 5.91 Å². The lowest BCUT2D eigenvalue weighted by Gasteiger charge is -2.29. The molecule has 0 spiro atoms. The van der Waals surface area contributed by atoms with Crippen molar-refractivity contribution in [1.29, 1.82) is 5.41 Å². The molecule has 1 aromatic rings. The summed E-state index contributed by atoms with van der Waals surface area (Å²) in [6.07, 6.45) is 0.922. The summed E-state index contributed by atoms with van der Waals surface area (Å²) < 4.78 is 0. The standard InChI is InChI=1S/C10H15N.C8H11ClN4O2.C2H6/c1-8-6-4-5-7-10(8)9(2)11-3;9-7(8(11)15)5(3-10)13-2-1-12-6(14)4-13;1-2/h4-7,9,11H,1-3H3;3,10H,1-2,4H2,(H2,11,15)(H,12,14);1-2H3/b;7-5-,10-3?;. The van der Waals surface area contributed by atoms with E-state index < -0.39 is 5.91 Å². The smallest absolute Gasteiger partial charge is 0.262 e. The molecule has 0 aromatic heterocycles. The Labute approximate surface area is 172 Å². The highest BCUT2D eigenvalue weighted by Crippen LogP contribution is 2.15. The molecule has 8 heteroatoms. The van der Waals surface area contributed by atoms with Crippen LogP contribution >= 0.6 is 11.6 Å². The van der Waals surface area contributed by atoms with Crippen molar-refractivity contribution in [1.82, 2.24) is 15.5 Å². The lowest BCUT2D eigenvalue weighted by molar-refractivity contribution is -0.123. The van der Waals surface area contributed by atoms with E-state index in [1.165, 1.54) is 11.1 Å². The van der Waals surface area contributed by atoms with Gasteiger partial charge < -0.3 is 26.7 Å². The van der Waals surface area contributed by atoms with E-state index in [4.69, 9.17) is 22.7 Å². The fourth-order valence-corrected chi connectivity index (χ4v) is 2.67. The molecule has 0 saturated carbocycles. The molecular formula is C20H32ClN5O2. The Morgan fingerprint density at radius 2 is 2.00 bits per heavy atom. The van der Waals surface area contributed by atoms with Crippen LogP contribution in [0, 0.1) is 12.3 Å². The number of hydrogen-bond donors (Lipinski definition) is 4. The quantitative estimate of drug-likeness (QED) is 0.441. The number of halogens is 1. The van der Waals surface area contributed by atoms with Crippen molar-refractivity contribution in [2.75, 3.05) is 26.7 Å². The summed E-state index contributed by atoms with van der Waals surface area (Å²) in [5.41, 5.74) is 7.91. The fourth-order valence-electron chi connectivity index (χ4n) is 2.49. The van der Waals surface area contributed by atoms with Crippen LogP contribution in [0.25, 0.3) is 0 Å². The zero-order valence-electron chi connectivity index (χ0n) is 17.3. The molecule has 0 bridgehead atoms. The number of hydrogen-bond acceptors (Lipinski definition) is 5. The number of nitrogens with zero attached hydrogens (tertiary/aromatic N) is 1. The molecule has 2 amide bonds. The molecule has 1 aliphatic heterocycles. The van der Waals surface area contributed by atoms with Gasteiger partial charge in [0.05, 0.1) is 12.2 Å². The summed E-state index contributed by atoms with van der Waals surface area (Å²) in [4.78, 5) is 23.4. The van der Waals surface area contributed by atoms with Crippen LogP contribution in [0.1, 0.15) is 37.9 Å². The van der Waals surface area contributed by atoms with Crippen LogP contribution in [0.15, 0.2) is 35.0 Å². The number of nitrogens with two attached hydrogens (primary N) is 1. The zero-order valence-corrected chi connectivity index (χ0v) is 18.1. The first kappa shape index (κ1) is 25.6. The van der Waals surface area contributed by atoms with Crippen LogP contribution < -0.4 is 16.4 Å². The van der Waals surface area contributed by atoms with Crippen LogP contribution in [-0.2, 0) is 9.59 Å². The molecule has 1 aromatic carbocycles. The highest BCUT2D eigenvalue weighted by molar-refractivity contribution is 6.43. The number of benzene rings is 1. The molecule has 2 rings (SSSR count). The summed E-state index contributed by atoms with van der Waals surface area (Å²) >= 11 is 5.64. The highest BCUT2D eigenvalue weighted by atomic mass is 35.5. The maximum atomic E-state index is 11.1. The van der Waals surface area contributed by atoms with Crippen molar-refractivity contribution in [3.63, 3.8) is 0 Å². The summed E-state index contributed by atoms with van der Waals surface area (Å²) in [5.74, 6) is -0.976. The number of carbonyl (C=O) groups is 2. The molecular weight excluding hydrogens is 378 g/mol. The molecule has 0 aliphatic carbocycles. The third kappa shape index (κ3) is 8.10. The van der Waals surface area contributed by atoms with Crippen molar-refractivity contribution >= 4 is 29.6 Å². The monoisotopic (exact) mass is 409 g/mol. The molecule has 1 heterocycles. The molecule has 1 aliphatic rings. The average Bonchev–Trinajstić information content (AvgIpc) is 2.70. The number of primary amides is 1. The summed E-state index contributed by atoms with van der Waals surface area (Å²) in [5, 5.41) is 12.8. The Bertz CT molecular complexity index is 691. The van der Waals surface area contributed by atoms with E-state index in [0.717, 1.165) is 6.21 Å². The van der Waals surface area contributed by atoms with E-state index in [0.29, 0.717) is 19.1 Å². The number of rotatable bonds is 5. The van der Waals surface area contributed by atoms with Gasteiger partial charge >= 0.3 is 0 Å². The largest absolute Gasteiger partial charge is 0.365 e. The van der Waals surface area contributed by atoms with E-state index in [-0.39, 0.29) is 23.2 Å². The Hall–Kier alpha value is -2.38. The van der Waals surface area contributed by atoms with Crippen LogP contribution in [0.4, 0.5) is 0 Å². The molecule has 28 heavy (non-hydrogen) atoms. The van der Waals surface area contributed by atoms with Crippen molar-refractivity contribution < 1.29 is 9.59 Å². The summed E-state index contributed by atoms with van der Waals surface area (Å²) in [6, 6.07) is 8.91. The topological polar surface area (TPSA) is 111 Å². The lowest BCUT2D eigenvalue weighted by Crippen LogP contribution is -2.47. The van der Waals surface area contributed by atoms with Gasteiger partial charge in [0.25, 0.3) is 5.91 Å². The van der Waals surface area contributed by atoms with Gasteiger partial charge in [-0.2, -0.15) is 0 Å². The van der Waals surface area contributed by atoms with Crippen LogP contribution in [0.5, 0.6) is 0 Å². The predicted octanol–water partition coefficient (Wildman–Crippen LogP) is 2.31. The molecule has 1 fully saturated rings. The van der Waals surface area contributed by atoms with Gasteiger partial charge in [-0.1, -0.05) is 49.7 Å². The summed E-state index contributed by atoms with van der Waals surface area (Å²) in [6.45, 7) is 9.35. The molecule has 1 saturated heterocycles. The minimum Gasteiger partial charge on any atom is -0.365 e. The Balaban J connectivity index is 0.000000497. The number of nitrogens with one attached hydrogen (secondary N) is 3. The van der Waals surface area contributed by atoms with Crippen molar-refractivity contribution in [2.45, 2.75) is 33.7 Å². The van der Waals surface area contributed by atoms with E-state index in [1.807, 2.05) is 20.9 Å². The SMILES string of the molecule is CC.CNC(C)c1ccccc1C.N=C/C(=C(/Cl)C(N)=O)N1CCNC(=O)C1. The minimum absolute atomic E-state index is 0.0776. The van der Waals surface area contributed by atoms with E-state index in [2.05, 4.69) is 48.7 Å².